The Bertz CT molecular complexity index is 301. The van der Waals surface area contributed by atoms with Gasteiger partial charge in [0, 0.05) is 17.3 Å². The molecule has 0 aromatic carbocycles. The third kappa shape index (κ3) is 2.01. The molecule has 0 spiro atoms. The summed E-state index contributed by atoms with van der Waals surface area (Å²) in [7, 11) is 0. The highest BCUT2D eigenvalue weighted by molar-refractivity contribution is 6.25. The standard InChI is InChI=1S/C8H12ClN3/c1-6(4-9)5-12-7(2)3-8(10)11-12/h3-4H,5H2,1-2H3,(H2,10,11)/b6-4-. The summed E-state index contributed by atoms with van der Waals surface area (Å²) in [5, 5.41) is 4.09. The molecule has 0 bridgehead atoms. The van der Waals surface area contributed by atoms with Crippen molar-refractivity contribution < 1.29 is 0 Å². The summed E-state index contributed by atoms with van der Waals surface area (Å²) in [6, 6.07) is 1.83. The SMILES string of the molecule is C/C(=C/Cl)Cn1nc(N)cc1C. The summed E-state index contributed by atoms with van der Waals surface area (Å²) in [4.78, 5) is 0. The van der Waals surface area contributed by atoms with E-state index in [2.05, 4.69) is 5.10 Å². The van der Waals surface area contributed by atoms with Gasteiger partial charge in [-0.15, -0.1) is 0 Å². The maximum absolute atomic E-state index is 5.53. The molecule has 1 aromatic heterocycles. The molecule has 66 valence electrons. The van der Waals surface area contributed by atoms with E-state index in [0.717, 1.165) is 11.3 Å². The molecule has 0 amide bonds. The van der Waals surface area contributed by atoms with Crippen molar-refractivity contribution in [2.75, 3.05) is 5.73 Å². The van der Waals surface area contributed by atoms with Gasteiger partial charge in [0.05, 0.1) is 6.54 Å². The van der Waals surface area contributed by atoms with Crippen molar-refractivity contribution in [1.82, 2.24) is 9.78 Å². The van der Waals surface area contributed by atoms with Gasteiger partial charge in [-0.2, -0.15) is 5.10 Å². The Hall–Kier alpha value is -0.960. The maximum atomic E-state index is 5.53. The van der Waals surface area contributed by atoms with Crippen molar-refractivity contribution in [3.05, 3.63) is 22.9 Å². The van der Waals surface area contributed by atoms with E-state index < -0.39 is 0 Å². The molecule has 1 aromatic rings. The van der Waals surface area contributed by atoms with Crippen LogP contribution in [-0.4, -0.2) is 9.78 Å². The van der Waals surface area contributed by atoms with Gasteiger partial charge >= 0.3 is 0 Å². The van der Waals surface area contributed by atoms with Gasteiger partial charge in [0.2, 0.25) is 0 Å². The van der Waals surface area contributed by atoms with Crippen LogP contribution in [-0.2, 0) is 6.54 Å². The van der Waals surface area contributed by atoms with E-state index in [1.807, 2.05) is 24.6 Å². The monoisotopic (exact) mass is 185 g/mol. The summed E-state index contributed by atoms with van der Waals surface area (Å²) < 4.78 is 1.82. The Morgan fingerprint density at radius 3 is 2.92 bits per heavy atom. The third-order valence-electron chi connectivity index (χ3n) is 1.59. The van der Waals surface area contributed by atoms with Crippen LogP contribution in [0, 0.1) is 6.92 Å². The Labute approximate surface area is 76.8 Å². The minimum atomic E-state index is 0.551. The van der Waals surface area contributed by atoms with Crippen LogP contribution >= 0.6 is 11.6 Å². The van der Waals surface area contributed by atoms with Crippen LogP contribution in [0.25, 0.3) is 0 Å². The van der Waals surface area contributed by atoms with Crippen LogP contribution in [0.3, 0.4) is 0 Å². The Balaban J connectivity index is 2.82. The lowest BCUT2D eigenvalue weighted by molar-refractivity contribution is 0.660. The first-order chi connectivity index (χ1) is 5.63. The quantitative estimate of drug-likeness (QED) is 0.765. The second-order valence-electron chi connectivity index (χ2n) is 2.82. The van der Waals surface area contributed by atoms with Gasteiger partial charge in [0.1, 0.15) is 5.82 Å². The highest BCUT2D eigenvalue weighted by atomic mass is 35.5. The number of aromatic nitrogens is 2. The third-order valence-corrected chi connectivity index (χ3v) is 1.96. The lowest BCUT2D eigenvalue weighted by Gasteiger charge is -2.02. The summed E-state index contributed by atoms with van der Waals surface area (Å²) in [5.74, 6) is 0.551. The number of rotatable bonds is 2. The molecule has 0 aliphatic heterocycles. The molecule has 0 fully saturated rings. The average molecular weight is 186 g/mol. The number of anilines is 1. The molecule has 0 aliphatic carbocycles. The zero-order chi connectivity index (χ0) is 9.14. The molecule has 2 N–H and O–H groups in total. The number of hydrogen-bond donors (Lipinski definition) is 1. The largest absolute Gasteiger partial charge is 0.382 e. The van der Waals surface area contributed by atoms with Crippen LogP contribution in [0.4, 0.5) is 5.82 Å². The molecule has 4 heteroatoms. The van der Waals surface area contributed by atoms with E-state index in [1.165, 1.54) is 0 Å². The van der Waals surface area contributed by atoms with Gasteiger partial charge in [-0.25, -0.2) is 0 Å². The Kier molecular flexibility index (Phi) is 2.76. The van der Waals surface area contributed by atoms with E-state index in [9.17, 15) is 0 Å². The number of nitrogens with two attached hydrogens (primary N) is 1. The van der Waals surface area contributed by atoms with E-state index >= 15 is 0 Å². The molecule has 0 aliphatic rings. The van der Waals surface area contributed by atoms with E-state index in [4.69, 9.17) is 17.3 Å². The van der Waals surface area contributed by atoms with Crippen LogP contribution in [0.1, 0.15) is 12.6 Å². The van der Waals surface area contributed by atoms with Crippen molar-refractivity contribution in [3.63, 3.8) is 0 Å². The molecular formula is C8H12ClN3. The van der Waals surface area contributed by atoms with Crippen molar-refractivity contribution in [3.8, 4) is 0 Å². The predicted molar refractivity (Wildman–Crippen MR) is 51.0 cm³/mol. The number of hydrogen-bond acceptors (Lipinski definition) is 2. The highest BCUT2D eigenvalue weighted by Crippen LogP contribution is 2.07. The fourth-order valence-electron chi connectivity index (χ4n) is 0.966. The Morgan fingerprint density at radius 1 is 1.83 bits per heavy atom. The van der Waals surface area contributed by atoms with Crippen LogP contribution in [0.2, 0.25) is 0 Å². The van der Waals surface area contributed by atoms with E-state index in [-0.39, 0.29) is 0 Å². The van der Waals surface area contributed by atoms with Gasteiger partial charge in [0.15, 0.2) is 0 Å². The topological polar surface area (TPSA) is 43.8 Å². The molecule has 1 heterocycles. The van der Waals surface area contributed by atoms with Gasteiger partial charge in [-0.1, -0.05) is 11.6 Å². The molecule has 0 saturated heterocycles. The fraction of sp³-hybridized carbons (Fsp3) is 0.375. The normalized spacial score (nSPS) is 12.1. The van der Waals surface area contributed by atoms with E-state index in [1.54, 1.807) is 5.54 Å². The zero-order valence-electron chi connectivity index (χ0n) is 7.21. The molecule has 0 unspecified atom stereocenters. The van der Waals surface area contributed by atoms with Gasteiger partial charge in [0.25, 0.3) is 0 Å². The van der Waals surface area contributed by atoms with Crippen molar-refractivity contribution >= 4 is 17.4 Å². The lowest BCUT2D eigenvalue weighted by atomic mass is 10.3. The van der Waals surface area contributed by atoms with Gasteiger partial charge in [-0.3, -0.25) is 4.68 Å². The summed E-state index contributed by atoms with van der Waals surface area (Å²) >= 11 is 5.53. The molecule has 0 saturated carbocycles. The van der Waals surface area contributed by atoms with Crippen molar-refractivity contribution in [1.29, 1.82) is 0 Å². The van der Waals surface area contributed by atoms with Gasteiger partial charge in [-0.05, 0) is 19.4 Å². The zero-order valence-corrected chi connectivity index (χ0v) is 7.97. The van der Waals surface area contributed by atoms with Gasteiger partial charge < -0.3 is 5.73 Å². The highest BCUT2D eigenvalue weighted by Gasteiger charge is 2.00. The average Bonchev–Trinajstić information content (AvgIpc) is 2.30. The summed E-state index contributed by atoms with van der Waals surface area (Å²) in [6.45, 7) is 4.61. The molecule has 1 rings (SSSR count). The second-order valence-corrected chi connectivity index (χ2v) is 3.04. The summed E-state index contributed by atoms with van der Waals surface area (Å²) in [5.41, 5.74) is 9.17. The number of halogens is 1. The number of aryl methyl sites for hydroxylation is 1. The molecule has 0 atom stereocenters. The molecule has 12 heavy (non-hydrogen) atoms. The smallest absolute Gasteiger partial charge is 0.145 e. The Morgan fingerprint density at radius 2 is 2.50 bits per heavy atom. The first-order valence-corrected chi connectivity index (χ1v) is 4.13. The minimum Gasteiger partial charge on any atom is -0.382 e. The summed E-state index contributed by atoms with van der Waals surface area (Å²) in [6.07, 6.45) is 0. The maximum Gasteiger partial charge on any atom is 0.145 e. The second kappa shape index (κ2) is 3.63. The molecule has 0 radical (unpaired) electrons. The predicted octanol–water partition coefficient (Wildman–Crippen LogP) is 1.92. The molecule has 3 nitrogen and oxygen atoms in total. The first-order valence-electron chi connectivity index (χ1n) is 3.69. The van der Waals surface area contributed by atoms with Crippen molar-refractivity contribution in [2.24, 2.45) is 0 Å². The number of nitrogens with zero attached hydrogens (tertiary/aromatic N) is 2. The number of allylic oxidation sites excluding steroid dienone is 1. The van der Waals surface area contributed by atoms with Crippen LogP contribution < -0.4 is 5.73 Å². The first kappa shape index (κ1) is 9.13. The van der Waals surface area contributed by atoms with E-state index in [0.29, 0.717) is 12.4 Å². The lowest BCUT2D eigenvalue weighted by Crippen LogP contribution is -2.03. The van der Waals surface area contributed by atoms with Crippen molar-refractivity contribution in [2.45, 2.75) is 20.4 Å². The fourth-order valence-corrected chi connectivity index (χ4v) is 1.04. The van der Waals surface area contributed by atoms with Crippen LogP contribution in [0.5, 0.6) is 0 Å². The minimum absolute atomic E-state index is 0.551. The number of nitrogen functional groups attached to an aromatic ring is 1. The molecular weight excluding hydrogens is 174 g/mol. The van der Waals surface area contributed by atoms with Crippen LogP contribution in [0.15, 0.2) is 17.2 Å².